The lowest BCUT2D eigenvalue weighted by atomic mass is 10.2. The molecule has 0 aliphatic carbocycles. The van der Waals surface area contributed by atoms with Crippen molar-refractivity contribution in [1.29, 1.82) is 0 Å². The Morgan fingerprint density at radius 3 is 2.75 bits per heavy atom. The summed E-state index contributed by atoms with van der Waals surface area (Å²) in [7, 11) is 0. The van der Waals surface area contributed by atoms with Gasteiger partial charge in [0, 0.05) is 6.07 Å². The fourth-order valence-electron chi connectivity index (χ4n) is 1.38. The monoisotopic (exact) mass is 223 g/mol. The van der Waals surface area contributed by atoms with Gasteiger partial charge in [-0.2, -0.15) is 0 Å². The third-order valence-corrected chi connectivity index (χ3v) is 2.28. The topological polar surface area (TPSA) is 25.2 Å². The lowest BCUT2D eigenvalue weighted by molar-refractivity contribution is 0.517. The molecule has 0 bridgehead atoms. The van der Waals surface area contributed by atoms with Gasteiger partial charge >= 0.3 is 0 Å². The predicted octanol–water partition coefficient (Wildman–Crippen LogP) is 3.48. The van der Waals surface area contributed by atoms with Gasteiger partial charge in [0.2, 0.25) is 0 Å². The second kappa shape index (κ2) is 4.35. The van der Waals surface area contributed by atoms with E-state index in [4.69, 9.17) is 4.42 Å². The molecule has 2 rings (SSSR count). The minimum Gasteiger partial charge on any atom is -0.467 e. The Kier molecular flexibility index (Phi) is 2.90. The zero-order chi connectivity index (χ0) is 11.5. The van der Waals surface area contributed by atoms with Crippen LogP contribution in [0.5, 0.6) is 0 Å². The lowest BCUT2D eigenvalue weighted by Gasteiger charge is -2.07. The summed E-state index contributed by atoms with van der Waals surface area (Å²) in [6, 6.07) is 5.81. The van der Waals surface area contributed by atoms with Gasteiger partial charge in [0.25, 0.3) is 0 Å². The minimum absolute atomic E-state index is 0.138. The number of halogens is 2. The SMILES string of the molecule is Cc1cc(F)c(NCc2ccco2)cc1F. The van der Waals surface area contributed by atoms with Crippen molar-refractivity contribution in [3.8, 4) is 0 Å². The van der Waals surface area contributed by atoms with Gasteiger partial charge in [-0.05, 0) is 30.7 Å². The van der Waals surface area contributed by atoms with Crippen LogP contribution in [0.1, 0.15) is 11.3 Å². The summed E-state index contributed by atoms with van der Waals surface area (Å²) in [5, 5.41) is 2.77. The summed E-state index contributed by atoms with van der Waals surface area (Å²) in [4.78, 5) is 0. The van der Waals surface area contributed by atoms with Gasteiger partial charge in [-0.3, -0.25) is 0 Å². The molecule has 0 atom stereocenters. The van der Waals surface area contributed by atoms with E-state index in [2.05, 4.69) is 5.32 Å². The fourth-order valence-corrected chi connectivity index (χ4v) is 1.38. The van der Waals surface area contributed by atoms with Gasteiger partial charge < -0.3 is 9.73 Å². The highest BCUT2D eigenvalue weighted by Gasteiger charge is 2.07. The van der Waals surface area contributed by atoms with Crippen molar-refractivity contribution in [1.82, 2.24) is 0 Å². The predicted molar refractivity (Wildman–Crippen MR) is 57.1 cm³/mol. The van der Waals surface area contributed by atoms with E-state index in [1.54, 1.807) is 12.1 Å². The van der Waals surface area contributed by atoms with Crippen LogP contribution in [0.4, 0.5) is 14.5 Å². The molecule has 0 amide bonds. The van der Waals surface area contributed by atoms with Crippen molar-refractivity contribution in [2.24, 2.45) is 0 Å². The maximum Gasteiger partial charge on any atom is 0.146 e. The van der Waals surface area contributed by atoms with Crippen LogP contribution in [0, 0.1) is 18.6 Å². The van der Waals surface area contributed by atoms with Crippen LogP contribution in [0.15, 0.2) is 34.9 Å². The van der Waals surface area contributed by atoms with Crippen LogP contribution >= 0.6 is 0 Å². The van der Waals surface area contributed by atoms with E-state index in [1.807, 2.05) is 0 Å². The molecular weight excluding hydrogens is 212 g/mol. The average Bonchev–Trinajstić information content (AvgIpc) is 2.74. The first-order valence-electron chi connectivity index (χ1n) is 4.88. The van der Waals surface area contributed by atoms with Gasteiger partial charge in [0.1, 0.15) is 17.4 Å². The van der Waals surface area contributed by atoms with Crippen LogP contribution in [-0.4, -0.2) is 0 Å². The first kappa shape index (κ1) is 10.7. The number of rotatable bonds is 3. The van der Waals surface area contributed by atoms with E-state index in [-0.39, 0.29) is 5.69 Å². The molecule has 0 spiro atoms. The highest BCUT2D eigenvalue weighted by molar-refractivity contribution is 5.46. The molecule has 84 valence electrons. The number of hydrogen-bond acceptors (Lipinski definition) is 2. The highest BCUT2D eigenvalue weighted by Crippen LogP contribution is 2.19. The zero-order valence-electron chi connectivity index (χ0n) is 8.76. The van der Waals surface area contributed by atoms with E-state index in [1.165, 1.54) is 19.3 Å². The van der Waals surface area contributed by atoms with E-state index in [0.717, 1.165) is 6.07 Å². The first-order chi connectivity index (χ1) is 7.66. The maximum atomic E-state index is 13.4. The number of benzene rings is 1. The van der Waals surface area contributed by atoms with E-state index in [0.29, 0.717) is 17.9 Å². The molecule has 4 heteroatoms. The smallest absolute Gasteiger partial charge is 0.146 e. The Morgan fingerprint density at radius 2 is 2.06 bits per heavy atom. The Bertz CT molecular complexity index is 480. The van der Waals surface area contributed by atoms with Gasteiger partial charge in [0.15, 0.2) is 0 Å². The third kappa shape index (κ3) is 2.21. The quantitative estimate of drug-likeness (QED) is 0.861. The molecule has 1 heterocycles. The minimum atomic E-state index is -0.467. The molecule has 0 fully saturated rings. The van der Waals surface area contributed by atoms with Crippen LogP contribution in [0.3, 0.4) is 0 Å². The van der Waals surface area contributed by atoms with E-state index < -0.39 is 11.6 Å². The summed E-state index contributed by atoms with van der Waals surface area (Å²) in [5.41, 5.74) is 0.431. The van der Waals surface area contributed by atoms with Crippen molar-refractivity contribution < 1.29 is 13.2 Å². The molecule has 0 saturated heterocycles. The summed E-state index contributed by atoms with van der Waals surface area (Å²) >= 11 is 0. The molecule has 0 unspecified atom stereocenters. The second-order valence-electron chi connectivity index (χ2n) is 3.51. The van der Waals surface area contributed by atoms with Crippen LogP contribution in [0.25, 0.3) is 0 Å². The summed E-state index contributed by atoms with van der Waals surface area (Å²) in [6.45, 7) is 1.85. The molecule has 1 aromatic carbocycles. The van der Waals surface area contributed by atoms with E-state index >= 15 is 0 Å². The van der Waals surface area contributed by atoms with Crippen molar-refractivity contribution in [2.45, 2.75) is 13.5 Å². The molecule has 16 heavy (non-hydrogen) atoms. The highest BCUT2D eigenvalue weighted by atomic mass is 19.1. The molecule has 0 saturated carbocycles. The average molecular weight is 223 g/mol. The summed E-state index contributed by atoms with van der Waals surface area (Å²) in [6.07, 6.45) is 1.53. The summed E-state index contributed by atoms with van der Waals surface area (Å²) < 4.78 is 31.7. The number of aryl methyl sites for hydroxylation is 1. The number of hydrogen-bond donors (Lipinski definition) is 1. The van der Waals surface area contributed by atoms with Crippen molar-refractivity contribution in [2.75, 3.05) is 5.32 Å². The van der Waals surface area contributed by atoms with Crippen molar-refractivity contribution in [3.05, 3.63) is 53.5 Å². The number of furan rings is 1. The molecule has 0 radical (unpaired) electrons. The Hall–Kier alpha value is -1.84. The second-order valence-corrected chi connectivity index (χ2v) is 3.51. The van der Waals surface area contributed by atoms with Gasteiger partial charge in [-0.1, -0.05) is 0 Å². The summed E-state index contributed by atoms with van der Waals surface area (Å²) in [5.74, 6) is -0.228. The molecule has 1 N–H and O–H groups in total. The number of nitrogens with one attached hydrogen (secondary N) is 1. The Balaban J connectivity index is 2.12. The molecule has 0 aliphatic rings. The van der Waals surface area contributed by atoms with Crippen molar-refractivity contribution >= 4 is 5.69 Å². The molecule has 2 aromatic rings. The normalized spacial score (nSPS) is 10.4. The largest absolute Gasteiger partial charge is 0.467 e. The lowest BCUT2D eigenvalue weighted by Crippen LogP contribution is -2.01. The van der Waals surface area contributed by atoms with Crippen LogP contribution in [-0.2, 0) is 6.54 Å². The Labute approximate surface area is 91.9 Å². The molecule has 0 aliphatic heterocycles. The molecule has 1 aromatic heterocycles. The Morgan fingerprint density at radius 1 is 1.25 bits per heavy atom. The van der Waals surface area contributed by atoms with E-state index in [9.17, 15) is 8.78 Å². The third-order valence-electron chi connectivity index (χ3n) is 2.28. The molecular formula is C12H11F2NO. The standard InChI is InChI=1S/C12H11F2NO/c1-8-5-11(14)12(6-10(8)13)15-7-9-3-2-4-16-9/h2-6,15H,7H2,1H3. The number of anilines is 1. The van der Waals surface area contributed by atoms with Gasteiger partial charge in [0.05, 0.1) is 18.5 Å². The zero-order valence-corrected chi connectivity index (χ0v) is 8.76. The maximum absolute atomic E-state index is 13.4. The molecule has 2 nitrogen and oxygen atoms in total. The van der Waals surface area contributed by atoms with Crippen LogP contribution < -0.4 is 5.32 Å². The van der Waals surface area contributed by atoms with Gasteiger partial charge in [-0.25, -0.2) is 8.78 Å². The van der Waals surface area contributed by atoms with Crippen molar-refractivity contribution in [3.63, 3.8) is 0 Å². The first-order valence-corrected chi connectivity index (χ1v) is 4.88. The van der Waals surface area contributed by atoms with Crippen LogP contribution in [0.2, 0.25) is 0 Å². The van der Waals surface area contributed by atoms with Gasteiger partial charge in [-0.15, -0.1) is 0 Å². The fraction of sp³-hybridized carbons (Fsp3) is 0.167.